The Hall–Kier alpha value is -3.38. The highest BCUT2D eigenvalue weighted by Gasteiger charge is 2.16. The number of amides is 1. The Balaban J connectivity index is 1.55. The third kappa shape index (κ3) is 5.45. The van der Waals surface area contributed by atoms with Gasteiger partial charge in [-0.25, -0.2) is 0 Å². The fourth-order valence-electron chi connectivity index (χ4n) is 3.48. The number of anilines is 1. The number of nitrogens with zero attached hydrogens (tertiary/aromatic N) is 3. The van der Waals surface area contributed by atoms with E-state index >= 15 is 0 Å². The Morgan fingerprint density at radius 3 is 2.44 bits per heavy atom. The van der Waals surface area contributed by atoms with Crippen LogP contribution < -0.4 is 5.32 Å². The molecule has 1 N–H and O–H groups in total. The molecule has 0 atom stereocenters. The van der Waals surface area contributed by atoms with Crippen molar-refractivity contribution in [1.82, 2.24) is 14.8 Å². The summed E-state index contributed by atoms with van der Waals surface area (Å²) in [5.41, 5.74) is 5.35. The van der Waals surface area contributed by atoms with E-state index in [-0.39, 0.29) is 11.7 Å². The molecule has 0 aliphatic carbocycles. The van der Waals surface area contributed by atoms with Crippen molar-refractivity contribution in [2.75, 3.05) is 11.1 Å². The minimum absolute atomic E-state index is 0.0684. The maximum Gasteiger partial charge on any atom is 0.234 e. The van der Waals surface area contributed by atoms with Crippen LogP contribution in [0.1, 0.15) is 29.4 Å². The van der Waals surface area contributed by atoms with Gasteiger partial charge in [0.15, 0.2) is 5.16 Å². The second-order valence-electron chi connectivity index (χ2n) is 7.62. The van der Waals surface area contributed by atoms with Gasteiger partial charge < -0.3 is 5.32 Å². The highest BCUT2D eigenvalue weighted by atomic mass is 32.2. The van der Waals surface area contributed by atoms with Crippen LogP contribution in [0, 0.1) is 6.92 Å². The molecular formula is C26H26N4OS. The van der Waals surface area contributed by atoms with Gasteiger partial charge in [-0.2, -0.15) is 0 Å². The Morgan fingerprint density at radius 1 is 0.938 bits per heavy atom. The van der Waals surface area contributed by atoms with Gasteiger partial charge in [0.25, 0.3) is 0 Å². The quantitative estimate of drug-likeness (QED) is 0.368. The van der Waals surface area contributed by atoms with Crippen molar-refractivity contribution in [1.29, 1.82) is 0 Å². The van der Waals surface area contributed by atoms with Crippen LogP contribution >= 0.6 is 11.8 Å². The van der Waals surface area contributed by atoms with E-state index in [0.29, 0.717) is 11.6 Å². The summed E-state index contributed by atoms with van der Waals surface area (Å²) in [4.78, 5) is 12.5. The maximum atomic E-state index is 12.5. The van der Waals surface area contributed by atoms with Crippen molar-refractivity contribution >= 4 is 23.4 Å². The van der Waals surface area contributed by atoms with Crippen molar-refractivity contribution in [3.05, 3.63) is 101 Å². The summed E-state index contributed by atoms with van der Waals surface area (Å²) in [5, 5.41) is 12.5. The van der Waals surface area contributed by atoms with Crippen LogP contribution in [0.2, 0.25) is 0 Å². The number of nitrogens with one attached hydrogen (secondary N) is 1. The van der Waals surface area contributed by atoms with Gasteiger partial charge in [-0.1, -0.05) is 73.3 Å². The van der Waals surface area contributed by atoms with Gasteiger partial charge in [-0.05, 0) is 54.3 Å². The van der Waals surface area contributed by atoms with Gasteiger partial charge in [0.05, 0.1) is 5.75 Å². The summed E-state index contributed by atoms with van der Waals surface area (Å²) in [6, 6.07) is 26.4. The summed E-state index contributed by atoms with van der Waals surface area (Å²) in [7, 11) is 0. The largest absolute Gasteiger partial charge is 0.325 e. The summed E-state index contributed by atoms with van der Waals surface area (Å²) in [6.07, 6.45) is 1.65. The lowest BCUT2D eigenvalue weighted by molar-refractivity contribution is -0.113. The van der Waals surface area contributed by atoms with Crippen molar-refractivity contribution in [2.24, 2.45) is 0 Å². The first-order valence-electron chi connectivity index (χ1n) is 10.7. The number of carbonyl (C=O) groups excluding carboxylic acids is 1. The Kier molecular flexibility index (Phi) is 7.02. The third-order valence-corrected chi connectivity index (χ3v) is 6.07. The molecule has 6 heteroatoms. The van der Waals surface area contributed by atoms with E-state index in [2.05, 4.69) is 63.4 Å². The van der Waals surface area contributed by atoms with E-state index in [4.69, 9.17) is 0 Å². The second kappa shape index (κ2) is 10.3. The molecule has 1 amide bonds. The average molecular weight is 443 g/mol. The first kappa shape index (κ1) is 21.8. The summed E-state index contributed by atoms with van der Waals surface area (Å²) >= 11 is 1.39. The highest BCUT2D eigenvalue weighted by Crippen LogP contribution is 2.24. The van der Waals surface area contributed by atoms with Crippen LogP contribution in [-0.4, -0.2) is 26.4 Å². The number of thioether (sulfide) groups is 1. The van der Waals surface area contributed by atoms with Crippen LogP contribution in [-0.2, 0) is 17.6 Å². The molecule has 0 bridgehead atoms. The van der Waals surface area contributed by atoms with Crippen molar-refractivity contribution in [3.8, 4) is 5.69 Å². The first-order valence-corrected chi connectivity index (χ1v) is 11.7. The molecule has 5 nitrogen and oxygen atoms in total. The molecular weight excluding hydrogens is 416 g/mol. The topological polar surface area (TPSA) is 59.8 Å². The minimum atomic E-state index is -0.0684. The molecule has 0 aliphatic heterocycles. The highest BCUT2D eigenvalue weighted by molar-refractivity contribution is 7.99. The number of aryl methyl sites for hydroxylation is 2. The molecule has 4 aromatic rings. The van der Waals surface area contributed by atoms with Crippen LogP contribution in [0.15, 0.2) is 84.0 Å². The van der Waals surface area contributed by atoms with E-state index in [1.54, 1.807) is 0 Å². The molecule has 1 heterocycles. The summed E-state index contributed by atoms with van der Waals surface area (Å²) in [6.45, 7) is 4.15. The van der Waals surface area contributed by atoms with Crippen molar-refractivity contribution in [2.45, 2.75) is 31.8 Å². The lowest BCUT2D eigenvalue weighted by atomic mass is 10.1. The molecule has 1 aromatic heterocycles. The summed E-state index contributed by atoms with van der Waals surface area (Å²) in [5.74, 6) is 1.04. The van der Waals surface area contributed by atoms with Crippen LogP contribution in [0.3, 0.4) is 0 Å². The molecule has 4 rings (SSSR count). The van der Waals surface area contributed by atoms with Gasteiger partial charge in [0.2, 0.25) is 5.91 Å². The van der Waals surface area contributed by atoms with Gasteiger partial charge in [0.1, 0.15) is 5.82 Å². The number of hydrogen-bond acceptors (Lipinski definition) is 4. The molecule has 0 saturated carbocycles. The number of rotatable bonds is 8. The maximum absolute atomic E-state index is 12.5. The van der Waals surface area contributed by atoms with Crippen LogP contribution in [0.5, 0.6) is 0 Å². The molecule has 0 saturated heterocycles. The van der Waals surface area contributed by atoms with E-state index < -0.39 is 0 Å². The predicted octanol–water partition coefficient (Wildman–Crippen LogP) is 5.46. The van der Waals surface area contributed by atoms with Crippen molar-refractivity contribution < 1.29 is 4.79 Å². The fourth-order valence-corrected chi connectivity index (χ4v) is 4.25. The van der Waals surface area contributed by atoms with Gasteiger partial charge in [-0.15, -0.1) is 10.2 Å². The van der Waals surface area contributed by atoms with E-state index in [1.165, 1.54) is 22.9 Å². The van der Waals surface area contributed by atoms with Crippen LogP contribution in [0.4, 0.5) is 5.69 Å². The minimum Gasteiger partial charge on any atom is -0.325 e. The molecule has 0 radical (unpaired) electrons. The number of hydrogen-bond donors (Lipinski definition) is 1. The molecule has 162 valence electrons. The molecule has 3 aromatic carbocycles. The predicted molar refractivity (Wildman–Crippen MR) is 131 cm³/mol. The van der Waals surface area contributed by atoms with Gasteiger partial charge >= 0.3 is 0 Å². The molecule has 0 unspecified atom stereocenters. The first-order chi connectivity index (χ1) is 15.6. The normalized spacial score (nSPS) is 10.8. The Bertz CT molecular complexity index is 1190. The molecule has 0 spiro atoms. The van der Waals surface area contributed by atoms with Crippen LogP contribution in [0.25, 0.3) is 5.69 Å². The van der Waals surface area contributed by atoms with E-state index in [1.807, 2.05) is 49.4 Å². The molecule has 0 fully saturated rings. The molecule has 0 aliphatic rings. The summed E-state index contributed by atoms with van der Waals surface area (Å²) < 4.78 is 2.05. The standard InChI is InChI=1S/C26H26N4OS/c1-3-20-12-14-23(15-13-20)30-24(17-21-9-5-4-6-10-21)28-29-26(30)32-18-25(31)27-22-11-7-8-19(2)16-22/h4-16H,3,17-18H2,1-2H3,(H,27,31). The zero-order valence-corrected chi connectivity index (χ0v) is 19.1. The Morgan fingerprint density at radius 2 is 1.72 bits per heavy atom. The SMILES string of the molecule is CCc1ccc(-n2c(Cc3ccccc3)nnc2SCC(=O)Nc2cccc(C)c2)cc1. The lowest BCUT2D eigenvalue weighted by Crippen LogP contribution is -2.14. The van der Waals surface area contributed by atoms with E-state index in [9.17, 15) is 4.79 Å². The smallest absolute Gasteiger partial charge is 0.234 e. The third-order valence-electron chi connectivity index (χ3n) is 5.14. The van der Waals surface area contributed by atoms with Gasteiger partial charge in [-0.3, -0.25) is 9.36 Å². The van der Waals surface area contributed by atoms with Crippen molar-refractivity contribution in [3.63, 3.8) is 0 Å². The number of carbonyl (C=O) groups is 1. The lowest BCUT2D eigenvalue weighted by Gasteiger charge is -2.11. The average Bonchev–Trinajstić information content (AvgIpc) is 3.20. The number of aromatic nitrogens is 3. The fraction of sp³-hybridized carbons (Fsp3) is 0.192. The van der Waals surface area contributed by atoms with E-state index in [0.717, 1.165) is 29.2 Å². The Labute approximate surface area is 192 Å². The second-order valence-corrected chi connectivity index (χ2v) is 8.57. The number of benzene rings is 3. The monoisotopic (exact) mass is 442 g/mol. The zero-order valence-electron chi connectivity index (χ0n) is 18.3. The van der Waals surface area contributed by atoms with Gasteiger partial charge in [0, 0.05) is 17.8 Å². The molecule has 32 heavy (non-hydrogen) atoms. The zero-order chi connectivity index (χ0) is 22.3.